The Bertz CT molecular complexity index is 721. The maximum Gasteiger partial charge on any atom is 0.224 e. The van der Waals surface area contributed by atoms with Crippen molar-refractivity contribution in [1.29, 1.82) is 0 Å². The SMILES string of the molecule is O=C(Cc1ccc(-n2cccn2)cc1)NCc1cccnc1. The van der Waals surface area contributed by atoms with E-state index in [1.807, 2.05) is 48.7 Å². The zero-order valence-corrected chi connectivity index (χ0v) is 12.0. The number of amides is 1. The highest BCUT2D eigenvalue weighted by Crippen LogP contribution is 2.09. The van der Waals surface area contributed by atoms with Gasteiger partial charge in [0.1, 0.15) is 0 Å². The van der Waals surface area contributed by atoms with Gasteiger partial charge in [0.05, 0.1) is 12.1 Å². The number of nitrogens with one attached hydrogen (secondary N) is 1. The van der Waals surface area contributed by atoms with Crippen LogP contribution in [0.3, 0.4) is 0 Å². The first-order chi connectivity index (χ1) is 10.8. The summed E-state index contributed by atoms with van der Waals surface area (Å²) in [6.07, 6.45) is 7.45. The minimum Gasteiger partial charge on any atom is -0.352 e. The molecule has 0 saturated heterocycles. The third-order valence-electron chi connectivity index (χ3n) is 3.28. The van der Waals surface area contributed by atoms with Crippen molar-refractivity contribution >= 4 is 5.91 Å². The number of benzene rings is 1. The van der Waals surface area contributed by atoms with E-state index in [0.717, 1.165) is 16.8 Å². The second-order valence-corrected chi connectivity index (χ2v) is 4.93. The predicted octanol–water partition coefficient (Wildman–Crippen LogP) is 2.13. The van der Waals surface area contributed by atoms with E-state index in [0.29, 0.717) is 13.0 Å². The Morgan fingerprint density at radius 1 is 1.05 bits per heavy atom. The molecule has 2 aromatic heterocycles. The van der Waals surface area contributed by atoms with E-state index in [1.165, 1.54) is 0 Å². The molecule has 0 saturated carbocycles. The zero-order valence-electron chi connectivity index (χ0n) is 12.0. The molecule has 3 aromatic rings. The predicted molar refractivity (Wildman–Crippen MR) is 83.4 cm³/mol. The summed E-state index contributed by atoms with van der Waals surface area (Å²) < 4.78 is 1.78. The molecule has 0 fully saturated rings. The molecule has 1 N–H and O–H groups in total. The molecule has 0 unspecified atom stereocenters. The number of hydrogen-bond acceptors (Lipinski definition) is 3. The summed E-state index contributed by atoms with van der Waals surface area (Å²) in [6, 6.07) is 13.5. The highest BCUT2D eigenvalue weighted by molar-refractivity contribution is 5.78. The van der Waals surface area contributed by atoms with Crippen LogP contribution in [0.1, 0.15) is 11.1 Å². The smallest absolute Gasteiger partial charge is 0.224 e. The number of carbonyl (C=O) groups is 1. The van der Waals surface area contributed by atoms with Crippen molar-refractivity contribution in [2.75, 3.05) is 0 Å². The fourth-order valence-electron chi connectivity index (χ4n) is 2.14. The van der Waals surface area contributed by atoms with Crippen molar-refractivity contribution in [2.45, 2.75) is 13.0 Å². The van der Waals surface area contributed by atoms with Gasteiger partial charge < -0.3 is 5.32 Å². The fourth-order valence-corrected chi connectivity index (χ4v) is 2.14. The molecular formula is C17H16N4O. The molecule has 3 rings (SSSR count). The first-order valence-corrected chi connectivity index (χ1v) is 7.06. The van der Waals surface area contributed by atoms with Gasteiger partial charge >= 0.3 is 0 Å². The summed E-state index contributed by atoms with van der Waals surface area (Å²) in [5.41, 5.74) is 2.94. The highest BCUT2D eigenvalue weighted by Gasteiger charge is 2.04. The van der Waals surface area contributed by atoms with Crippen LogP contribution in [0, 0.1) is 0 Å². The highest BCUT2D eigenvalue weighted by atomic mass is 16.1. The molecule has 0 atom stereocenters. The lowest BCUT2D eigenvalue weighted by Gasteiger charge is -2.06. The van der Waals surface area contributed by atoms with Crippen LogP contribution in [0.15, 0.2) is 67.3 Å². The monoisotopic (exact) mass is 292 g/mol. The molecular weight excluding hydrogens is 276 g/mol. The molecule has 0 aliphatic heterocycles. The van der Waals surface area contributed by atoms with Gasteiger partial charge in [-0.15, -0.1) is 0 Å². The van der Waals surface area contributed by atoms with Gasteiger partial charge in [0, 0.05) is 31.3 Å². The summed E-state index contributed by atoms with van der Waals surface area (Å²) in [7, 11) is 0. The molecule has 0 spiro atoms. The first kappa shape index (κ1) is 14.0. The van der Waals surface area contributed by atoms with E-state index in [9.17, 15) is 4.79 Å². The van der Waals surface area contributed by atoms with Crippen molar-refractivity contribution in [1.82, 2.24) is 20.1 Å². The summed E-state index contributed by atoms with van der Waals surface area (Å²) in [5, 5.41) is 7.06. The molecule has 0 radical (unpaired) electrons. The quantitative estimate of drug-likeness (QED) is 0.783. The Hall–Kier alpha value is -2.95. The average molecular weight is 292 g/mol. The van der Waals surface area contributed by atoms with Gasteiger partial charge in [0.2, 0.25) is 5.91 Å². The van der Waals surface area contributed by atoms with Crippen LogP contribution in [0.4, 0.5) is 0 Å². The lowest BCUT2D eigenvalue weighted by Crippen LogP contribution is -2.24. The number of aromatic nitrogens is 3. The molecule has 110 valence electrons. The van der Waals surface area contributed by atoms with Crippen LogP contribution in [0.2, 0.25) is 0 Å². The summed E-state index contributed by atoms with van der Waals surface area (Å²) >= 11 is 0. The standard InChI is InChI=1S/C17H16N4O/c22-17(19-13-15-3-1-8-18-12-15)11-14-4-6-16(7-5-14)21-10-2-9-20-21/h1-10,12H,11,13H2,(H,19,22). The Kier molecular flexibility index (Phi) is 4.25. The molecule has 1 aromatic carbocycles. The third-order valence-corrected chi connectivity index (χ3v) is 3.28. The molecule has 0 aliphatic carbocycles. The number of rotatable bonds is 5. The van der Waals surface area contributed by atoms with Crippen LogP contribution in [-0.4, -0.2) is 20.7 Å². The minimum atomic E-state index is -0.00399. The second kappa shape index (κ2) is 6.67. The van der Waals surface area contributed by atoms with Crippen molar-refractivity contribution in [3.63, 3.8) is 0 Å². The van der Waals surface area contributed by atoms with Gasteiger partial charge in [-0.1, -0.05) is 18.2 Å². The van der Waals surface area contributed by atoms with Gasteiger partial charge in [-0.25, -0.2) is 4.68 Å². The molecule has 0 aliphatic rings. The molecule has 5 heteroatoms. The summed E-state index contributed by atoms with van der Waals surface area (Å²) in [5.74, 6) is -0.00399. The van der Waals surface area contributed by atoms with Gasteiger partial charge in [0.25, 0.3) is 0 Å². The largest absolute Gasteiger partial charge is 0.352 e. The van der Waals surface area contributed by atoms with Crippen LogP contribution >= 0.6 is 0 Å². The summed E-state index contributed by atoms with van der Waals surface area (Å²) in [4.78, 5) is 16.0. The molecule has 22 heavy (non-hydrogen) atoms. The van der Waals surface area contributed by atoms with Crippen molar-refractivity contribution in [3.05, 3.63) is 78.4 Å². The summed E-state index contributed by atoms with van der Waals surface area (Å²) in [6.45, 7) is 0.498. The second-order valence-electron chi connectivity index (χ2n) is 4.93. The van der Waals surface area contributed by atoms with Crippen LogP contribution in [0.25, 0.3) is 5.69 Å². The third kappa shape index (κ3) is 3.58. The number of hydrogen-bond donors (Lipinski definition) is 1. The van der Waals surface area contributed by atoms with E-state index >= 15 is 0 Å². The van der Waals surface area contributed by atoms with E-state index in [1.54, 1.807) is 23.3 Å². The number of carbonyl (C=O) groups excluding carboxylic acids is 1. The molecule has 5 nitrogen and oxygen atoms in total. The Labute approximate surface area is 128 Å². The van der Waals surface area contributed by atoms with Crippen LogP contribution < -0.4 is 5.32 Å². The Morgan fingerprint density at radius 2 is 1.91 bits per heavy atom. The average Bonchev–Trinajstić information content (AvgIpc) is 3.09. The van der Waals surface area contributed by atoms with E-state index in [-0.39, 0.29) is 5.91 Å². The van der Waals surface area contributed by atoms with Crippen molar-refractivity contribution < 1.29 is 4.79 Å². The van der Waals surface area contributed by atoms with Gasteiger partial charge in [-0.05, 0) is 35.4 Å². The first-order valence-electron chi connectivity index (χ1n) is 7.06. The van der Waals surface area contributed by atoms with Crippen LogP contribution in [-0.2, 0) is 17.8 Å². The maximum atomic E-state index is 12.0. The Balaban J connectivity index is 1.55. The van der Waals surface area contributed by atoms with Gasteiger partial charge in [-0.3, -0.25) is 9.78 Å². The lowest BCUT2D eigenvalue weighted by atomic mass is 10.1. The van der Waals surface area contributed by atoms with Crippen molar-refractivity contribution in [2.24, 2.45) is 0 Å². The van der Waals surface area contributed by atoms with E-state index in [2.05, 4.69) is 15.4 Å². The fraction of sp³-hybridized carbons (Fsp3) is 0.118. The van der Waals surface area contributed by atoms with Gasteiger partial charge in [0.15, 0.2) is 0 Å². The zero-order chi connectivity index (χ0) is 15.2. The lowest BCUT2D eigenvalue weighted by molar-refractivity contribution is -0.120. The number of nitrogens with zero attached hydrogens (tertiary/aromatic N) is 3. The van der Waals surface area contributed by atoms with E-state index < -0.39 is 0 Å². The molecule has 2 heterocycles. The minimum absolute atomic E-state index is 0.00399. The molecule has 0 bridgehead atoms. The molecule has 1 amide bonds. The van der Waals surface area contributed by atoms with Crippen molar-refractivity contribution in [3.8, 4) is 5.69 Å². The van der Waals surface area contributed by atoms with Crippen LogP contribution in [0.5, 0.6) is 0 Å². The van der Waals surface area contributed by atoms with E-state index in [4.69, 9.17) is 0 Å². The topological polar surface area (TPSA) is 59.8 Å². The Morgan fingerprint density at radius 3 is 2.59 bits per heavy atom. The maximum absolute atomic E-state index is 12.0. The normalized spacial score (nSPS) is 10.4. The van der Waals surface area contributed by atoms with Gasteiger partial charge in [-0.2, -0.15) is 5.10 Å². The number of pyridine rings is 1.